The van der Waals surface area contributed by atoms with Gasteiger partial charge in [-0.05, 0) is 53.3 Å². The van der Waals surface area contributed by atoms with E-state index < -0.39 is 0 Å². The van der Waals surface area contributed by atoms with E-state index in [1.807, 2.05) is 47.4 Å². The molecule has 160 valence electrons. The number of rotatable bonds is 6. The zero-order chi connectivity index (χ0) is 21.8. The van der Waals surface area contributed by atoms with Gasteiger partial charge < -0.3 is 14.4 Å². The van der Waals surface area contributed by atoms with Crippen LogP contribution in [-0.2, 0) is 19.6 Å². The molecule has 0 aromatic heterocycles. The smallest absolute Gasteiger partial charge is 0.254 e. The molecule has 4 nitrogen and oxygen atoms in total. The van der Waals surface area contributed by atoms with Crippen molar-refractivity contribution in [1.29, 1.82) is 0 Å². The highest BCUT2D eigenvalue weighted by molar-refractivity contribution is 5.94. The fourth-order valence-electron chi connectivity index (χ4n) is 4.12. The van der Waals surface area contributed by atoms with E-state index in [0.717, 1.165) is 30.0 Å². The first-order valence-corrected chi connectivity index (χ1v) is 10.8. The normalized spacial score (nSPS) is 13.1. The fraction of sp³-hybridized carbons (Fsp3) is 0.296. The molecule has 31 heavy (non-hydrogen) atoms. The van der Waals surface area contributed by atoms with Crippen molar-refractivity contribution < 1.29 is 14.3 Å². The molecule has 4 rings (SSSR count). The summed E-state index contributed by atoms with van der Waals surface area (Å²) < 4.78 is 11.7. The molecular formula is C27H29NO3. The highest BCUT2D eigenvalue weighted by atomic mass is 16.5. The number of hydrogen-bond donors (Lipinski definition) is 0. The zero-order valence-electron chi connectivity index (χ0n) is 18.4. The molecule has 0 fully saturated rings. The van der Waals surface area contributed by atoms with Crippen molar-refractivity contribution in [3.05, 3.63) is 94.5 Å². The van der Waals surface area contributed by atoms with Gasteiger partial charge in [0.1, 0.15) is 18.1 Å². The summed E-state index contributed by atoms with van der Waals surface area (Å²) in [6.45, 7) is 6.03. The van der Waals surface area contributed by atoms with Crippen LogP contribution in [0.2, 0.25) is 0 Å². The van der Waals surface area contributed by atoms with Crippen LogP contribution in [0.25, 0.3) is 0 Å². The topological polar surface area (TPSA) is 38.8 Å². The minimum Gasteiger partial charge on any atom is -0.496 e. The van der Waals surface area contributed by atoms with Gasteiger partial charge in [0, 0.05) is 24.2 Å². The molecule has 0 N–H and O–H groups in total. The van der Waals surface area contributed by atoms with Crippen molar-refractivity contribution in [1.82, 2.24) is 4.90 Å². The van der Waals surface area contributed by atoms with E-state index in [2.05, 4.69) is 38.1 Å². The Labute approximate surface area is 184 Å². The molecule has 0 spiro atoms. The Balaban J connectivity index is 1.53. The van der Waals surface area contributed by atoms with Gasteiger partial charge in [-0.15, -0.1) is 0 Å². The van der Waals surface area contributed by atoms with Crippen molar-refractivity contribution in [3.8, 4) is 11.5 Å². The van der Waals surface area contributed by atoms with Crippen LogP contribution < -0.4 is 9.47 Å². The number of nitrogens with zero attached hydrogens (tertiary/aromatic N) is 1. The van der Waals surface area contributed by atoms with Gasteiger partial charge in [-0.1, -0.05) is 56.3 Å². The van der Waals surface area contributed by atoms with Gasteiger partial charge in [0.05, 0.1) is 7.11 Å². The molecule has 1 heterocycles. The molecule has 0 unspecified atom stereocenters. The number of para-hydroxylation sites is 1. The Bertz CT molecular complexity index is 1070. The highest BCUT2D eigenvalue weighted by Gasteiger charge is 2.22. The molecule has 1 aliphatic heterocycles. The van der Waals surface area contributed by atoms with Crippen LogP contribution in [0.5, 0.6) is 11.5 Å². The monoisotopic (exact) mass is 415 g/mol. The van der Waals surface area contributed by atoms with Crippen molar-refractivity contribution in [2.45, 2.75) is 39.3 Å². The zero-order valence-corrected chi connectivity index (χ0v) is 18.4. The molecule has 0 radical (unpaired) electrons. The number of amides is 1. The average Bonchev–Trinajstić information content (AvgIpc) is 2.81. The van der Waals surface area contributed by atoms with Crippen LogP contribution in [0.4, 0.5) is 0 Å². The minimum absolute atomic E-state index is 0.0426. The van der Waals surface area contributed by atoms with Gasteiger partial charge in [0.25, 0.3) is 5.91 Å². The molecule has 4 heteroatoms. The van der Waals surface area contributed by atoms with Gasteiger partial charge in [0.2, 0.25) is 0 Å². The summed E-state index contributed by atoms with van der Waals surface area (Å²) in [7, 11) is 1.64. The Morgan fingerprint density at radius 3 is 2.48 bits per heavy atom. The molecule has 0 bridgehead atoms. The standard InChI is InChI=1S/C27H29NO3/c1-19(2)24-10-6-7-11-26(24)31-18-23-16-21(12-13-25(23)30-3)27(29)28-15-14-20-8-4-5-9-22(20)17-28/h4-13,16,19H,14-15,17-18H2,1-3H3. The largest absolute Gasteiger partial charge is 0.496 e. The van der Waals surface area contributed by atoms with Gasteiger partial charge >= 0.3 is 0 Å². The van der Waals surface area contributed by atoms with Crippen molar-refractivity contribution in [3.63, 3.8) is 0 Å². The van der Waals surface area contributed by atoms with Gasteiger partial charge in [0.15, 0.2) is 0 Å². The van der Waals surface area contributed by atoms with E-state index in [-0.39, 0.29) is 5.91 Å². The number of methoxy groups -OCH3 is 1. The lowest BCUT2D eigenvalue weighted by Gasteiger charge is -2.29. The first-order chi connectivity index (χ1) is 15.1. The molecule has 3 aromatic carbocycles. The molecule has 1 aliphatic rings. The number of ether oxygens (including phenoxy) is 2. The van der Waals surface area contributed by atoms with Gasteiger partial charge in [-0.2, -0.15) is 0 Å². The maximum Gasteiger partial charge on any atom is 0.254 e. The Morgan fingerprint density at radius 1 is 0.968 bits per heavy atom. The summed E-state index contributed by atoms with van der Waals surface area (Å²) in [5.74, 6) is 2.00. The lowest BCUT2D eigenvalue weighted by atomic mass is 9.99. The third kappa shape index (κ3) is 4.58. The Kier molecular flexibility index (Phi) is 6.26. The molecule has 0 saturated heterocycles. The summed E-state index contributed by atoms with van der Waals surface area (Å²) in [6, 6.07) is 22.0. The van der Waals surface area contributed by atoms with Crippen LogP contribution in [0.1, 0.15) is 52.4 Å². The van der Waals surface area contributed by atoms with Crippen molar-refractivity contribution in [2.24, 2.45) is 0 Å². The summed E-state index contributed by atoms with van der Waals surface area (Å²) in [4.78, 5) is 15.1. The molecule has 0 saturated carbocycles. The summed E-state index contributed by atoms with van der Waals surface area (Å²) in [6.07, 6.45) is 0.889. The van der Waals surface area contributed by atoms with E-state index in [4.69, 9.17) is 9.47 Å². The summed E-state index contributed by atoms with van der Waals surface area (Å²) >= 11 is 0. The Morgan fingerprint density at radius 2 is 1.71 bits per heavy atom. The number of fused-ring (bicyclic) bond motifs is 1. The van der Waals surface area contributed by atoms with E-state index in [1.165, 1.54) is 16.7 Å². The molecule has 0 aliphatic carbocycles. The fourth-order valence-corrected chi connectivity index (χ4v) is 4.12. The predicted molar refractivity (Wildman–Crippen MR) is 123 cm³/mol. The maximum atomic E-state index is 13.2. The molecular weight excluding hydrogens is 386 g/mol. The van der Waals surface area contributed by atoms with Crippen molar-refractivity contribution in [2.75, 3.05) is 13.7 Å². The van der Waals surface area contributed by atoms with E-state index in [0.29, 0.717) is 24.6 Å². The molecule has 0 atom stereocenters. The minimum atomic E-state index is 0.0426. The van der Waals surface area contributed by atoms with Crippen LogP contribution in [-0.4, -0.2) is 24.5 Å². The second-order valence-electron chi connectivity index (χ2n) is 8.25. The summed E-state index contributed by atoms with van der Waals surface area (Å²) in [5.41, 5.74) is 5.25. The number of carbonyl (C=O) groups excluding carboxylic acids is 1. The van der Waals surface area contributed by atoms with Crippen LogP contribution in [0.15, 0.2) is 66.7 Å². The van der Waals surface area contributed by atoms with E-state index in [9.17, 15) is 4.79 Å². The SMILES string of the molecule is COc1ccc(C(=O)N2CCc3ccccc3C2)cc1COc1ccccc1C(C)C. The second kappa shape index (κ2) is 9.25. The predicted octanol–water partition coefficient (Wildman–Crippen LogP) is 5.60. The van der Waals surface area contributed by atoms with Crippen LogP contribution >= 0.6 is 0 Å². The quantitative estimate of drug-likeness (QED) is 0.526. The van der Waals surface area contributed by atoms with E-state index in [1.54, 1.807) is 7.11 Å². The number of benzene rings is 3. The molecule has 3 aromatic rings. The van der Waals surface area contributed by atoms with Gasteiger partial charge in [-0.3, -0.25) is 4.79 Å². The van der Waals surface area contributed by atoms with Gasteiger partial charge in [-0.25, -0.2) is 0 Å². The third-order valence-electron chi connectivity index (χ3n) is 5.87. The number of carbonyl (C=O) groups is 1. The van der Waals surface area contributed by atoms with Crippen LogP contribution in [0.3, 0.4) is 0 Å². The average molecular weight is 416 g/mol. The molecule has 1 amide bonds. The van der Waals surface area contributed by atoms with Crippen molar-refractivity contribution >= 4 is 5.91 Å². The summed E-state index contributed by atoms with van der Waals surface area (Å²) in [5, 5.41) is 0. The second-order valence-corrected chi connectivity index (χ2v) is 8.25. The third-order valence-corrected chi connectivity index (χ3v) is 5.87. The number of hydrogen-bond acceptors (Lipinski definition) is 3. The van der Waals surface area contributed by atoms with E-state index >= 15 is 0 Å². The lowest BCUT2D eigenvalue weighted by molar-refractivity contribution is 0.0734. The first-order valence-electron chi connectivity index (χ1n) is 10.8. The lowest BCUT2D eigenvalue weighted by Crippen LogP contribution is -2.36. The highest BCUT2D eigenvalue weighted by Crippen LogP contribution is 2.29. The maximum absolute atomic E-state index is 13.2. The van der Waals surface area contributed by atoms with Crippen LogP contribution in [0, 0.1) is 0 Å². The first kappa shape index (κ1) is 21.0. The Hall–Kier alpha value is -3.27.